The minimum atomic E-state index is 0.474. The Labute approximate surface area is 101 Å². The molecule has 2 aromatic rings. The van der Waals surface area contributed by atoms with Gasteiger partial charge in [-0.25, -0.2) is 4.68 Å². The predicted molar refractivity (Wildman–Crippen MR) is 66.8 cm³/mol. The summed E-state index contributed by atoms with van der Waals surface area (Å²) in [4.78, 5) is 0. The Bertz CT molecular complexity index is 520. The second-order valence-corrected chi connectivity index (χ2v) is 4.77. The van der Waals surface area contributed by atoms with Gasteiger partial charge in [0.2, 0.25) is 0 Å². The van der Waals surface area contributed by atoms with E-state index in [0.717, 1.165) is 24.3 Å². The molecule has 2 heterocycles. The average molecular weight is 228 g/mol. The van der Waals surface area contributed by atoms with E-state index in [-0.39, 0.29) is 0 Å². The van der Waals surface area contributed by atoms with E-state index in [9.17, 15) is 0 Å². The molecule has 1 aromatic carbocycles. The summed E-state index contributed by atoms with van der Waals surface area (Å²) in [6.45, 7) is 6.21. The van der Waals surface area contributed by atoms with Crippen molar-refractivity contribution < 1.29 is 0 Å². The Hall–Kier alpha value is -1.68. The van der Waals surface area contributed by atoms with Crippen molar-refractivity contribution in [1.82, 2.24) is 20.3 Å². The van der Waals surface area contributed by atoms with E-state index in [1.54, 1.807) is 0 Å². The van der Waals surface area contributed by atoms with Crippen molar-refractivity contribution in [3.05, 3.63) is 35.5 Å². The molecule has 0 radical (unpaired) electrons. The maximum absolute atomic E-state index is 4.26. The van der Waals surface area contributed by atoms with Crippen molar-refractivity contribution in [3.63, 3.8) is 0 Å². The average Bonchev–Trinajstić information content (AvgIpc) is 2.62. The standard InChI is InChI=1S/C13H16N4/c1-9-3-10(2)5-11(4-9)13-8-17(16-15-13)12-6-14-7-12/h3-5,8,12,14H,6-7H2,1-2H3. The van der Waals surface area contributed by atoms with Crippen LogP contribution in [-0.2, 0) is 0 Å². The van der Waals surface area contributed by atoms with Crippen molar-refractivity contribution in [3.8, 4) is 11.3 Å². The maximum Gasteiger partial charge on any atom is 0.113 e. The van der Waals surface area contributed by atoms with Crippen molar-refractivity contribution in [2.75, 3.05) is 13.1 Å². The summed E-state index contributed by atoms with van der Waals surface area (Å²) >= 11 is 0. The number of hydrogen-bond donors (Lipinski definition) is 1. The van der Waals surface area contributed by atoms with Gasteiger partial charge in [0.15, 0.2) is 0 Å². The van der Waals surface area contributed by atoms with Gasteiger partial charge >= 0.3 is 0 Å². The molecule has 0 unspecified atom stereocenters. The fourth-order valence-electron chi connectivity index (χ4n) is 2.17. The first kappa shape index (κ1) is 10.5. The molecule has 1 saturated heterocycles. The van der Waals surface area contributed by atoms with Gasteiger partial charge in [-0.3, -0.25) is 0 Å². The zero-order valence-corrected chi connectivity index (χ0v) is 10.1. The Balaban J connectivity index is 1.94. The van der Waals surface area contributed by atoms with Crippen molar-refractivity contribution in [2.45, 2.75) is 19.9 Å². The lowest BCUT2D eigenvalue weighted by Gasteiger charge is -2.26. The van der Waals surface area contributed by atoms with E-state index < -0.39 is 0 Å². The van der Waals surface area contributed by atoms with Crippen LogP contribution in [0, 0.1) is 13.8 Å². The highest BCUT2D eigenvalue weighted by Gasteiger charge is 2.20. The topological polar surface area (TPSA) is 42.7 Å². The van der Waals surface area contributed by atoms with Crippen molar-refractivity contribution >= 4 is 0 Å². The third-order valence-corrected chi connectivity index (χ3v) is 3.16. The molecule has 0 saturated carbocycles. The van der Waals surface area contributed by atoms with E-state index in [2.05, 4.69) is 47.7 Å². The SMILES string of the molecule is Cc1cc(C)cc(-c2cn(C3CNC3)nn2)c1. The quantitative estimate of drug-likeness (QED) is 0.851. The van der Waals surface area contributed by atoms with Gasteiger partial charge in [0, 0.05) is 18.7 Å². The molecule has 1 aromatic heterocycles. The number of hydrogen-bond acceptors (Lipinski definition) is 3. The second-order valence-electron chi connectivity index (χ2n) is 4.77. The van der Waals surface area contributed by atoms with Crippen LogP contribution in [0.5, 0.6) is 0 Å². The van der Waals surface area contributed by atoms with Crippen LogP contribution in [-0.4, -0.2) is 28.1 Å². The van der Waals surface area contributed by atoms with Gasteiger partial charge in [-0.2, -0.15) is 0 Å². The van der Waals surface area contributed by atoms with Gasteiger partial charge in [-0.15, -0.1) is 5.10 Å². The highest BCUT2D eigenvalue weighted by Crippen LogP contribution is 2.21. The van der Waals surface area contributed by atoms with Gasteiger partial charge in [-0.05, 0) is 26.0 Å². The molecule has 0 aliphatic carbocycles. The zero-order chi connectivity index (χ0) is 11.8. The van der Waals surface area contributed by atoms with Crippen LogP contribution >= 0.6 is 0 Å². The van der Waals surface area contributed by atoms with Crippen LogP contribution in [0.3, 0.4) is 0 Å². The minimum Gasteiger partial charge on any atom is -0.312 e. The number of aryl methyl sites for hydroxylation is 2. The minimum absolute atomic E-state index is 0.474. The molecule has 0 atom stereocenters. The predicted octanol–water partition coefficient (Wildman–Crippen LogP) is 1.71. The van der Waals surface area contributed by atoms with Crippen LogP contribution in [0.15, 0.2) is 24.4 Å². The molecule has 1 N–H and O–H groups in total. The molecule has 1 fully saturated rings. The number of benzene rings is 1. The molecule has 88 valence electrons. The summed E-state index contributed by atoms with van der Waals surface area (Å²) in [5, 5.41) is 11.7. The van der Waals surface area contributed by atoms with Crippen molar-refractivity contribution in [2.24, 2.45) is 0 Å². The summed E-state index contributed by atoms with van der Waals surface area (Å²) in [5.74, 6) is 0. The normalized spacial score (nSPS) is 15.9. The molecule has 4 nitrogen and oxygen atoms in total. The third-order valence-electron chi connectivity index (χ3n) is 3.16. The van der Waals surface area contributed by atoms with Crippen LogP contribution in [0.4, 0.5) is 0 Å². The molecule has 1 aliphatic rings. The lowest BCUT2D eigenvalue weighted by molar-refractivity contribution is 0.313. The lowest BCUT2D eigenvalue weighted by Crippen LogP contribution is -2.43. The summed E-state index contributed by atoms with van der Waals surface area (Å²) in [6.07, 6.45) is 2.04. The Morgan fingerprint density at radius 2 is 1.88 bits per heavy atom. The monoisotopic (exact) mass is 228 g/mol. The van der Waals surface area contributed by atoms with Gasteiger partial charge in [0.05, 0.1) is 12.2 Å². The molecule has 1 aliphatic heterocycles. The molecular formula is C13H16N4. The first-order chi connectivity index (χ1) is 8.22. The van der Waals surface area contributed by atoms with Crippen LogP contribution in [0.1, 0.15) is 17.2 Å². The highest BCUT2D eigenvalue weighted by molar-refractivity contribution is 5.60. The van der Waals surface area contributed by atoms with Gasteiger partial charge < -0.3 is 5.32 Å². The van der Waals surface area contributed by atoms with Crippen molar-refractivity contribution in [1.29, 1.82) is 0 Å². The number of nitrogens with one attached hydrogen (secondary N) is 1. The molecular weight excluding hydrogens is 212 g/mol. The van der Waals surface area contributed by atoms with E-state index in [1.807, 2.05) is 10.9 Å². The molecule has 17 heavy (non-hydrogen) atoms. The zero-order valence-electron chi connectivity index (χ0n) is 10.1. The Morgan fingerprint density at radius 1 is 1.18 bits per heavy atom. The van der Waals surface area contributed by atoms with Crippen LogP contribution in [0.25, 0.3) is 11.3 Å². The van der Waals surface area contributed by atoms with E-state index in [4.69, 9.17) is 0 Å². The van der Waals surface area contributed by atoms with Gasteiger partial charge in [0.25, 0.3) is 0 Å². The first-order valence-electron chi connectivity index (χ1n) is 5.93. The van der Waals surface area contributed by atoms with Crippen LogP contribution < -0.4 is 5.32 Å². The highest BCUT2D eigenvalue weighted by atomic mass is 15.4. The fourth-order valence-corrected chi connectivity index (χ4v) is 2.17. The second kappa shape index (κ2) is 3.96. The Kier molecular flexibility index (Phi) is 2.44. The lowest BCUT2D eigenvalue weighted by atomic mass is 10.1. The first-order valence-corrected chi connectivity index (χ1v) is 5.93. The largest absolute Gasteiger partial charge is 0.312 e. The Morgan fingerprint density at radius 3 is 2.47 bits per heavy atom. The van der Waals surface area contributed by atoms with E-state index >= 15 is 0 Å². The molecule has 4 heteroatoms. The number of nitrogens with zero attached hydrogens (tertiary/aromatic N) is 3. The third kappa shape index (κ3) is 1.96. The summed E-state index contributed by atoms with van der Waals surface area (Å²) in [5.41, 5.74) is 4.64. The van der Waals surface area contributed by atoms with Gasteiger partial charge in [-0.1, -0.05) is 22.4 Å². The number of rotatable bonds is 2. The van der Waals surface area contributed by atoms with E-state index in [0.29, 0.717) is 6.04 Å². The summed E-state index contributed by atoms with van der Waals surface area (Å²) < 4.78 is 1.96. The van der Waals surface area contributed by atoms with Gasteiger partial charge in [0.1, 0.15) is 5.69 Å². The van der Waals surface area contributed by atoms with Crippen LogP contribution in [0.2, 0.25) is 0 Å². The molecule has 0 amide bonds. The summed E-state index contributed by atoms with van der Waals surface area (Å²) in [6, 6.07) is 6.95. The smallest absolute Gasteiger partial charge is 0.113 e. The number of aromatic nitrogens is 3. The maximum atomic E-state index is 4.26. The molecule has 0 spiro atoms. The molecule has 0 bridgehead atoms. The molecule has 3 rings (SSSR count). The fraction of sp³-hybridized carbons (Fsp3) is 0.385. The summed E-state index contributed by atoms with van der Waals surface area (Å²) in [7, 11) is 0. The van der Waals surface area contributed by atoms with E-state index in [1.165, 1.54) is 11.1 Å².